The first-order valence-corrected chi connectivity index (χ1v) is 13.4. The number of amides is 1. The molecule has 8 heteroatoms. The van der Waals surface area contributed by atoms with E-state index >= 15 is 0 Å². The monoisotopic (exact) mass is 491 g/mol. The first kappa shape index (κ1) is 24.2. The molecule has 0 atom stereocenters. The topological polar surface area (TPSA) is 72.7 Å². The Bertz CT molecular complexity index is 1200. The zero-order valence-corrected chi connectivity index (χ0v) is 21.2. The summed E-state index contributed by atoms with van der Waals surface area (Å²) in [6.45, 7) is 4.92. The van der Waals surface area contributed by atoms with Crippen LogP contribution in [0.3, 0.4) is 0 Å². The maximum atomic E-state index is 12.3. The number of nitrogens with one attached hydrogen (secondary N) is 1. The number of unbranched alkanes of at least 4 members (excludes halogenated alkanes) is 2. The average molecular weight is 492 g/mol. The minimum atomic E-state index is -0.100. The summed E-state index contributed by atoms with van der Waals surface area (Å²) < 4.78 is 2.12. The summed E-state index contributed by atoms with van der Waals surface area (Å²) in [5, 5.41) is 15.5. The number of carbonyl (C=O) groups excluding carboxylic acids is 1. The highest BCUT2D eigenvalue weighted by Gasteiger charge is 2.17. The van der Waals surface area contributed by atoms with Crippen molar-refractivity contribution in [1.82, 2.24) is 25.1 Å². The predicted molar refractivity (Wildman–Crippen MR) is 139 cm³/mol. The van der Waals surface area contributed by atoms with Gasteiger partial charge in [0.15, 0.2) is 5.16 Å². The van der Waals surface area contributed by atoms with Gasteiger partial charge in [0.05, 0.1) is 5.75 Å². The highest BCUT2D eigenvalue weighted by Crippen LogP contribution is 2.27. The van der Waals surface area contributed by atoms with Crippen molar-refractivity contribution < 1.29 is 4.79 Å². The van der Waals surface area contributed by atoms with Crippen molar-refractivity contribution in [2.45, 2.75) is 50.4 Å². The Morgan fingerprint density at radius 3 is 2.62 bits per heavy atom. The predicted octanol–water partition coefficient (Wildman–Crippen LogP) is 5.84. The lowest BCUT2D eigenvalue weighted by molar-refractivity contribution is 0.0948. The summed E-state index contributed by atoms with van der Waals surface area (Å²) in [4.78, 5) is 16.9. The number of carbonyl (C=O) groups is 1. The molecule has 4 rings (SSSR count). The molecule has 0 aliphatic heterocycles. The van der Waals surface area contributed by atoms with E-state index in [4.69, 9.17) is 0 Å². The fourth-order valence-corrected chi connectivity index (χ4v) is 5.28. The molecule has 1 N–H and O–H groups in total. The van der Waals surface area contributed by atoms with Crippen LogP contribution in [0.5, 0.6) is 0 Å². The molecule has 0 unspecified atom stereocenters. The normalized spacial score (nSPS) is 11.0. The van der Waals surface area contributed by atoms with Crippen LogP contribution in [-0.2, 0) is 12.2 Å². The highest BCUT2D eigenvalue weighted by atomic mass is 32.2. The van der Waals surface area contributed by atoms with Gasteiger partial charge in [-0.2, -0.15) is 0 Å². The van der Waals surface area contributed by atoms with Crippen LogP contribution < -0.4 is 5.32 Å². The lowest BCUT2D eigenvalue weighted by atomic mass is 10.1. The van der Waals surface area contributed by atoms with Crippen LogP contribution in [0.2, 0.25) is 0 Å². The number of aromatic nitrogens is 4. The van der Waals surface area contributed by atoms with Crippen molar-refractivity contribution in [3.05, 3.63) is 87.6 Å². The second-order valence-corrected chi connectivity index (χ2v) is 10.00. The third-order valence-corrected chi connectivity index (χ3v) is 7.34. The first-order chi connectivity index (χ1) is 16.6. The molecule has 6 nitrogen and oxygen atoms in total. The average Bonchev–Trinajstić information content (AvgIpc) is 3.49. The second-order valence-electron chi connectivity index (χ2n) is 8.11. The quantitative estimate of drug-likeness (QED) is 0.211. The fourth-order valence-electron chi connectivity index (χ4n) is 3.52. The van der Waals surface area contributed by atoms with E-state index in [1.54, 1.807) is 11.8 Å². The summed E-state index contributed by atoms with van der Waals surface area (Å²) in [6, 6.07) is 18.7. The largest absolute Gasteiger partial charge is 0.351 e. The van der Waals surface area contributed by atoms with Gasteiger partial charge >= 0.3 is 0 Å². The van der Waals surface area contributed by atoms with Gasteiger partial charge in [0.1, 0.15) is 16.5 Å². The van der Waals surface area contributed by atoms with E-state index < -0.39 is 0 Å². The zero-order chi connectivity index (χ0) is 23.8. The minimum absolute atomic E-state index is 0.100. The molecule has 2 aromatic carbocycles. The van der Waals surface area contributed by atoms with Gasteiger partial charge in [-0.05, 0) is 31.0 Å². The number of thiazole rings is 1. The summed E-state index contributed by atoms with van der Waals surface area (Å²) in [5.74, 6) is 1.42. The Morgan fingerprint density at radius 1 is 1.06 bits per heavy atom. The molecule has 0 aliphatic rings. The Morgan fingerprint density at radius 2 is 1.85 bits per heavy atom. The van der Waals surface area contributed by atoms with Gasteiger partial charge in [-0.1, -0.05) is 79.6 Å². The van der Waals surface area contributed by atoms with Crippen LogP contribution in [0.25, 0.3) is 5.69 Å². The van der Waals surface area contributed by atoms with Gasteiger partial charge in [-0.25, -0.2) is 4.98 Å². The summed E-state index contributed by atoms with van der Waals surface area (Å²) in [5.41, 5.74) is 3.92. The maximum absolute atomic E-state index is 12.3. The molecular weight excluding hydrogens is 462 g/mol. The van der Waals surface area contributed by atoms with Crippen LogP contribution in [0.15, 0.2) is 65.1 Å². The Labute approximate surface area is 208 Å². The van der Waals surface area contributed by atoms with Gasteiger partial charge in [0.2, 0.25) is 0 Å². The molecule has 2 heterocycles. The Balaban J connectivity index is 1.48. The molecule has 0 saturated heterocycles. The molecule has 0 saturated carbocycles. The summed E-state index contributed by atoms with van der Waals surface area (Å²) in [7, 11) is 0. The van der Waals surface area contributed by atoms with Gasteiger partial charge in [-0.15, -0.1) is 21.5 Å². The van der Waals surface area contributed by atoms with E-state index in [0.717, 1.165) is 40.9 Å². The second kappa shape index (κ2) is 11.9. The van der Waals surface area contributed by atoms with Crippen LogP contribution in [0, 0.1) is 6.92 Å². The smallest absolute Gasteiger partial charge is 0.270 e. The third kappa shape index (κ3) is 6.33. The summed E-state index contributed by atoms with van der Waals surface area (Å²) >= 11 is 3.09. The molecule has 0 radical (unpaired) electrons. The van der Waals surface area contributed by atoms with Crippen molar-refractivity contribution in [1.29, 1.82) is 0 Å². The number of hydrogen-bond donors (Lipinski definition) is 1. The number of nitrogens with zero attached hydrogens (tertiary/aromatic N) is 4. The van der Waals surface area contributed by atoms with Crippen LogP contribution in [0.4, 0.5) is 0 Å². The van der Waals surface area contributed by atoms with E-state index in [2.05, 4.69) is 75.3 Å². The van der Waals surface area contributed by atoms with E-state index in [9.17, 15) is 4.79 Å². The van der Waals surface area contributed by atoms with Crippen molar-refractivity contribution in [2.24, 2.45) is 0 Å². The number of benzene rings is 2. The number of hydrogen-bond acceptors (Lipinski definition) is 6. The fraction of sp³-hybridized carbons (Fsp3) is 0.308. The van der Waals surface area contributed by atoms with E-state index in [-0.39, 0.29) is 5.91 Å². The standard InChI is InChI=1S/C26H29N5OS2/c1-3-4-8-15-27-25(32)22-17-33-24(28-22)18-34-26-30-29-23(16-20-9-6-5-7-10-20)31(26)21-13-11-19(2)12-14-21/h5-7,9-14,17H,3-4,8,15-16,18H2,1-2H3,(H,27,32). The number of aryl methyl sites for hydroxylation is 1. The molecule has 1 amide bonds. The molecule has 0 aliphatic carbocycles. The van der Waals surface area contributed by atoms with Crippen LogP contribution in [-0.4, -0.2) is 32.2 Å². The highest BCUT2D eigenvalue weighted by molar-refractivity contribution is 7.98. The zero-order valence-electron chi connectivity index (χ0n) is 19.5. The lowest BCUT2D eigenvalue weighted by Gasteiger charge is -2.10. The van der Waals surface area contributed by atoms with Crippen molar-refractivity contribution in [3.8, 4) is 5.69 Å². The first-order valence-electron chi connectivity index (χ1n) is 11.5. The van der Waals surface area contributed by atoms with Crippen LogP contribution in [0.1, 0.15) is 58.6 Å². The molecule has 0 fully saturated rings. The van der Waals surface area contributed by atoms with E-state index in [1.807, 2.05) is 23.6 Å². The van der Waals surface area contributed by atoms with Gasteiger partial charge in [0, 0.05) is 24.0 Å². The number of rotatable bonds is 11. The molecular formula is C26H29N5OS2. The van der Waals surface area contributed by atoms with Gasteiger partial charge in [0.25, 0.3) is 5.91 Å². The van der Waals surface area contributed by atoms with Crippen molar-refractivity contribution in [2.75, 3.05) is 6.54 Å². The maximum Gasteiger partial charge on any atom is 0.270 e. The molecule has 34 heavy (non-hydrogen) atoms. The Kier molecular flexibility index (Phi) is 8.49. The molecule has 2 aromatic heterocycles. The molecule has 0 bridgehead atoms. The Hall–Kier alpha value is -2.97. The van der Waals surface area contributed by atoms with Gasteiger partial charge in [-0.3, -0.25) is 9.36 Å². The van der Waals surface area contributed by atoms with E-state index in [0.29, 0.717) is 24.4 Å². The third-order valence-electron chi connectivity index (χ3n) is 5.37. The number of thioether (sulfide) groups is 1. The molecule has 0 spiro atoms. The lowest BCUT2D eigenvalue weighted by Crippen LogP contribution is -2.24. The molecule has 176 valence electrons. The van der Waals surface area contributed by atoms with Crippen molar-refractivity contribution in [3.63, 3.8) is 0 Å². The van der Waals surface area contributed by atoms with Crippen molar-refractivity contribution >= 4 is 29.0 Å². The van der Waals surface area contributed by atoms with Gasteiger partial charge < -0.3 is 5.32 Å². The minimum Gasteiger partial charge on any atom is -0.351 e. The molecule has 4 aromatic rings. The van der Waals surface area contributed by atoms with Crippen LogP contribution >= 0.6 is 23.1 Å². The summed E-state index contributed by atoms with van der Waals surface area (Å²) in [6.07, 6.45) is 3.94. The SMILES string of the molecule is CCCCCNC(=O)c1csc(CSc2nnc(Cc3ccccc3)n2-c2ccc(C)cc2)n1. The van der Waals surface area contributed by atoms with E-state index in [1.165, 1.54) is 22.5 Å².